The third-order valence-corrected chi connectivity index (χ3v) is 4.60. The van der Waals surface area contributed by atoms with Gasteiger partial charge in [0.25, 0.3) is 5.91 Å². The van der Waals surface area contributed by atoms with Crippen molar-refractivity contribution in [2.75, 3.05) is 17.9 Å². The third-order valence-electron chi connectivity index (χ3n) is 4.60. The highest BCUT2D eigenvalue weighted by molar-refractivity contribution is 6.06. The summed E-state index contributed by atoms with van der Waals surface area (Å²) in [6, 6.07) is 13.7. The van der Waals surface area contributed by atoms with Gasteiger partial charge in [0.15, 0.2) is 0 Å². The maximum Gasteiger partial charge on any atom is 0.417 e. The Morgan fingerprint density at radius 2 is 1.81 bits per heavy atom. The minimum atomic E-state index is -0.626. The van der Waals surface area contributed by atoms with Crippen molar-refractivity contribution in [2.24, 2.45) is 5.10 Å². The molecular weight excluding hydrogens is 416 g/mol. The summed E-state index contributed by atoms with van der Waals surface area (Å²) in [5.41, 5.74) is 7.88. The molecule has 3 aromatic rings. The number of carbonyl (C=O) groups excluding carboxylic acids is 2. The van der Waals surface area contributed by atoms with E-state index in [2.05, 4.69) is 31.5 Å². The van der Waals surface area contributed by atoms with Gasteiger partial charge in [-0.1, -0.05) is 12.1 Å². The zero-order valence-electron chi connectivity index (χ0n) is 17.3. The van der Waals surface area contributed by atoms with Gasteiger partial charge in [0.1, 0.15) is 11.7 Å². The quantitative estimate of drug-likeness (QED) is 0.501. The fourth-order valence-electron chi connectivity index (χ4n) is 3.07. The van der Waals surface area contributed by atoms with E-state index in [9.17, 15) is 9.59 Å². The average molecular weight is 436 g/mol. The van der Waals surface area contributed by atoms with Crippen LogP contribution in [0.1, 0.15) is 29.7 Å². The van der Waals surface area contributed by atoms with Crippen LogP contribution in [0.25, 0.3) is 0 Å². The molecule has 2 aromatic carbocycles. The minimum absolute atomic E-state index is 0.250. The molecule has 3 N–H and O–H groups in total. The van der Waals surface area contributed by atoms with E-state index in [1.165, 1.54) is 7.11 Å². The Hall–Kier alpha value is -4.25. The maximum absolute atomic E-state index is 12.1. The molecule has 4 rings (SSSR count). The van der Waals surface area contributed by atoms with Crippen LogP contribution < -0.4 is 21.0 Å². The van der Waals surface area contributed by atoms with Gasteiger partial charge in [-0.3, -0.25) is 20.4 Å². The summed E-state index contributed by atoms with van der Waals surface area (Å²) in [4.78, 5) is 29.1. The number of anilines is 2. The summed E-state index contributed by atoms with van der Waals surface area (Å²) >= 11 is 0. The number of rotatable bonds is 6. The molecule has 1 atom stereocenters. The zero-order chi connectivity index (χ0) is 22.5. The number of amides is 2. The van der Waals surface area contributed by atoms with Crippen molar-refractivity contribution in [1.29, 1.82) is 0 Å². The molecule has 2 heterocycles. The van der Waals surface area contributed by atoms with E-state index in [0.717, 1.165) is 11.3 Å². The summed E-state index contributed by atoms with van der Waals surface area (Å²) in [5.74, 6) is 0.114. The normalized spacial score (nSPS) is 15.5. The highest BCUT2D eigenvalue weighted by atomic mass is 16.6. The molecule has 11 heteroatoms. The first-order chi connectivity index (χ1) is 15.5. The second-order valence-corrected chi connectivity index (χ2v) is 6.87. The number of hydrogen-bond donors (Lipinski definition) is 3. The predicted molar refractivity (Wildman–Crippen MR) is 114 cm³/mol. The van der Waals surface area contributed by atoms with Crippen LogP contribution in [0.15, 0.2) is 58.0 Å². The van der Waals surface area contributed by atoms with Crippen molar-refractivity contribution >= 4 is 29.1 Å². The zero-order valence-corrected chi connectivity index (χ0v) is 17.3. The predicted octanol–water partition coefficient (Wildman–Crippen LogP) is 2.97. The average Bonchev–Trinajstić information content (AvgIpc) is 3.22. The van der Waals surface area contributed by atoms with Crippen LogP contribution in [-0.2, 0) is 9.63 Å². The van der Waals surface area contributed by atoms with Gasteiger partial charge in [-0.25, -0.2) is 10.2 Å². The van der Waals surface area contributed by atoms with Gasteiger partial charge >= 0.3 is 6.09 Å². The third kappa shape index (κ3) is 4.90. The minimum Gasteiger partial charge on any atom is -0.425 e. The van der Waals surface area contributed by atoms with Crippen molar-refractivity contribution in [3.05, 3.63) is 65.9 Å². The van der Waals surface area contributed by atoms with E-state index in [4.69, 9.17) is 14.0 Å². The fourth-order valence-corrected chi connectivity index (χ4v) is 3.07. The lowest BCUT2D eigenvalue weighted by molar-refractivity contribution is -0.123. The Morgan fingerprint density at radius 1 is 1.09 bits per heavy atom. The van der Waals surface area contributed by atoms with Gasteiger partial charge in [-0.05, 0) is 42.0 Å². The first-order valence-corrected chi connectivity index (χ1v) is 9.66. The number of hydrogen-bond acceptors (Lipinski definition) is 9. The summed E-state index contributed by atoms with van der Waals surface area (Å²) in [7, 11) is 1.51. The highest BCUT2D eigenvalue weighted by Gasteiger charge is 2.31. The number of aromatic nitrogens is 2. The van der Waals surface area contributed by atoms with Crippen molar-refractivity contribution in [3.8, 4) is 5.75 Å². The molecule has 0 fully saturated rings. The number of carbonyl (C=O) groups is 2. The van der Waals surface area contributed by atoms with Gasteiger partial charge in [0.2, 0.25) is 11.8 Å². The van der Waals surface area contributed by atoms with E-state index in [0.29, 0.717) is 29.5 Å². The number of nitrogens with zero attached hydrogens (tertiary/aromatic N) is 3. The monoisotopic (exact) mass is 436 g/mol. The van der Waals surface area contributed by atoms with Crippen molar-refractivity contribution < 1.29 is 23.6 Å². The molecule has 164 valence electrons. The van der Waals surface area contributed by atoms with Crippen LogP contribution in [0, 0.1) is 6.92 Å². The lowest BCUT2D eigenvalue weighted by Crippen LogP contribution is -2.33. The van der Waals surface area contributed by atoms with Crippen LogP contribution in [0.3, 0.4) is 0 Å². The Morgan fingerprint density at radius 3 is 2.47 bits per heavy atom. The number of aryl methyl sites for hydroxylation is 1. The van der Waals surface area contributed by atoms with Gasteiger partial charge < -0.3 is 9.15 Å². The number of nitrogens with one attached hydrogen (secondary N) is 3. The second-order valence-electron chi connectivity index (χ2n) is 6.87. The fraction of sp³-hybridized carbons (Fsp3) is 0.190. The van der Waals surface area contributed by atoms with Crippen molar-refractivity contribution in [3.63, 3.8) is 0 Å². The van der Waals surface area contributed by atoms with Crippen molar-refractivity contribution in [2.45, 2.75) is 19.3 Å². The van der Waals surface area contributed by atoms with Gasteiger partial charge in [0.05, 0.1) is 18.5 Å². The maximum atomic E-state index is 12.1. The molecule has 1 aliphatic heterocycles. The van der Waals surface area contributed by atoms with E-state index in [1.807, 2.05) is 0 Å². The molecule has 0 aliphatic carbocycles. The first-order valence-electron chi connectivity index (χ1n) is 9.66. The molecule has 0 saturated carbocycles. The first kappa shape index (κ1) is 21.0. The molecule has 1 unspecified atom stereocenters. The molecule has 0 bridgehead atoms. The molecule has 11 nitrogen and oxygen atoms in total. The van der Waals surface area contributed by atoms with Crippen LogP contribution in [0.5, 0.6) is 5.75 Å². The smallest absolute Gasteiger partial charge is 0.417 e. The Bertz CT molecular complexity index is 1140. The van der Waals surface area contributed by atoms with Crippen LogP contribution in [0.4, 0.5) is 16.2 Å². The standard InChI is InChI=1S/C21H20N6O5/c1-12-23-26-20(31-12)17-11-18(24-25-19(17)28)13-3-5-14(6-4-13)22-21(29)32-16-9-7-15(8-10-16)27-30-2/h3-10,17,27H,11H2,1-2H3,(H,22,29)(H,25,28). The van der Waals surface area contributed by atoms with Gasteiger partial charge in [-0.2, -0.15) is 5.10 Å². The lowest BCUT2D eigenvalue weighted by atomic mass is 9.95. The molecule has 0 spiro atoms. The number of benzene rings is 2. The number of hydrazone groups is 1. The molecule has 1 aliphatic rings. The molecule has 0 radical (unpaired) electrons. The van der Waals surface area contributed by atoms with Crippen LogP contribution in [0.2, 0.25) is 0 Å². The Kier molecular flexibility index (Phi) is 6.08. The molecule has 2 amide bonds. The molecule has 1 aromatic heterocycles. The largest absolute Gasteiger partial charge is 0.425 e. The topological polar surface area (TPSA) is 140 Å². The van der Waals surface area contributed by atoms with E-state index < -0.39 is 12.0 Å². The molecular formula is C21H20N6O5. The Labute approximate surface area is 182 Å². The van der Waals surface area contributed by atoms with E-state index in [1.54, 1.807) is 55.5 Å². The van der Waals surface area contributed by atoms with Gasteiger partial charge in [0, 0.05) is 19.0 Å². The lowest BCUT2D eigenvalue weighted by Gasteiger charge is -2.19. The van der Waals surface area contributed by atoms with Gasteiger partial charge in [-0.15, -0.1) is 10.2 Å². The van der Waals surface area contributed by atoms with Crippen molar-refractivity contribution in [1.82, 2.24) is 15.6 Å². The SMILES string of the molecule is CONc1ccc(OC(=O)Nc2ccc(C3=NNC(=O)C(c4nnc(C)o4)C3)cc2)cc1. The highest BCUT2D eigenvalue weighted by Crippen LogP contribution is 2.25. The summed E-state index contributed by atoms with van der Waals surface area (Å²) < 4.78 is 10.7. The summed E-state index contributed by atoms with van der Waals surface area (Å²) in [6.45, 7) is 1.66. The Balaban J connectivity index is 1.37. The summed E-state index contributed by atoms with van der Waals surface area (Å²) in [5, 5.41) is 14.5. The molecule has 0 saturated heterocycles. The second kappa shape index (κ2) is 9.27. The van der Waals surface area contributed by atoms with E-state index in [-0.39, 0.29) is 11.8 Å². The summed E-state index contributed by atoms with van der Waals surface area (Å²) in [6.07, 6.45) is -0.310. The van der Waals surface area contributed by atoms with Crippen LogP contribution >= 0.6 is 0 Å². The van der Waals surface area contributed by atoms with Crippen LogP contribution in [-0.4, -0.2) is 35.0 Å². The number of ether oxygens (including phenoxy) is 1. The van der Waals surface area contributed by atoms with E-state index >= 15 is 0 Å². The molecule has 32 heavy (non-hydrogen) atoms.